The molecule has 16 heavy (non-hydrogen) atoms. The highest BCUT2D eigenvalue weighted by Crippen LogP contribution is 2.09. The second-order valence-corrected chi connectivity index (χ2v) is 5.09. The smallest absolute Gasteiger partial charge is 0.410 e. The van der Waals surface area contributed by atoms with E-state index in [1.807, 2.05) is 20.8 Å². The molecular weight excluding hydrogens is 208 g/mol. The van der Waals surface area contributed by atoms with Gasteiger partial charge in [0.15, 0.2) is 0 Å². The lowest BCUT2D eigenvalue weighted by molar-refractivity contribution is 0.0206. The first-order valence-corrected chi connectivity index (χ1v) is 5.64. The molecule has 0 aromatic heterocycles. The highest BCUT2D eigenvalue weighted by atomic mass is 16.6. The summed E-state index contributed by atoms with van der Waals surface area (Å²) in [5.74, 6) is 0. The normalized spacial score (nSPS) is 21.6. The number of morpholine rings is 1. The minimum atomic E-state index is -0.443. The van der Waals surface area contributed by atoms with E-state index in [9.17, 15) is 4.79 Å². The molecule has 1 unspecified atom stereocenters. The molecule has 1 saturated heterocycles. The summed E-state index contributed by atoms with van der Waals surface area (Å²) < 4.78 is 10.6. The van der Waals surface area contributed by atoms with E-state index in [2.05, 4.69) is 5.32 Å². The fourth-order valence-electron chi connectivity index (χ4n) is 1.48. The highest BCUT2D eigenvalue weighted by molar-refractivity contribution is 5.67. The van der Waals surface area contributed by atoms with Crippen LogP contribution in [0.1, 0.15) is 20.8 Å². The molecule has 0 radical (unpaired) electrons. The summed E-state index contributed by atoms with van der Waals surface area (Å²) >= 11 is 0. The summed E-state index contributed by atoms with van der Waals surface area (Å²) in [6, 6.07) is 0.200. The van der Waals surface area contributed by atoms with Crippen LogP contribution < -0.4 is 5.32 Å². The van der Waals surface area contributed by atoms with E-state index in [0.29, 0.717) is 13.2 Å². The molecule has 0 bridgehead atoms. The zero-order chi connectivity index (χ0) is 12.2. The molecule has 1 aliphatic heterocycles. The van der Waals surface area contributed by atoms with E-state index < -0.39 is 5.60 Å². The second-order valence-electron chi connectivity index (χ2n) is 5.09. The lowest BCUT2D eigenvalue weighted by Crippen LogP contribution is -2.49. The van der Waals surface area contributed by atoms with Crippen molar-refractivity contribution in [2.45, 2.75) is 32.4 Å². The summed E-state index contributed by atoms with van der Waals surface area (Å²) in [5.41, 5.74) is -0.443. The first-order valence-electron chi connectivity index (χ1n) is 5.64. The molecule has 1 atom stereocenters. The molecule has 1 N–H and O–H groups in total. The van der Waals surface area contributed by atoms with Gasteiger partial charge in [-0.1, -0.05) is 0 Å². The van der Waals surface area contributed by atoms with Crippen molar-refractivity contribution in [2.75, 3.05) is 33.4 Å². The molecule has 0 aromatic rings. The molecule has 1 heterocycles. The zero-order valence-electron chi connectivity index (χ0n) is 10.6. The molecule has 0 saturated carbocycles. The fourth-order valence-corrected chi connectivity index (χ4v) is 1.48. The Labute approximate surface area is 97.1 Å². The number of nitrogens with zero attached hydrogens (tertiary/aromatic N) is 1. The van der Waals surface area contributed by atoms with E-state index in [1.54, 1.807) is 11.9 Å². The average Bonchev–Trinajstić information content (AvgIpc) is 2.16. The van der Waals surface area contributed by atoms with Crippen LogP contribution >= 0.6 is 0 Å². The third-order valence-electron chi connectivity index (χ3n) is 2.20. The Hall–Kier alpha value is -0.810. The van der Waals surface area contributed by atoms with Crippen LogP contribution in [0.4, 0.5) is 4.79 Å². The second kappa shape index (κ2) is 5.50. The van der Waals surface area contributed by atoms with Crippen LogP contribution in [0, 0.1) is 0 Å². The van der Waals surface area contributed by atoms with Crippen molar-refractivity contribution in [3.8, 4) is 0 Å². The molecule has 5 heteroatoms. The maximum Gasteiger partial charge on any atom is 0.410 e. The van der Waals surface area contributed by atoms with Gasteiger partial charge in [0.2, 0.25) is 0 Å². The van der Waals surface area contributed by atoms with Gasteiger partial charge in [0.05, 0.1) is 13.2 Å². The third-order valence-corrected chi connectivity index (χ3v) is 2.20. The minimum Gasteiger partial charge on any atom is -0.444 e. The fraction of sp³-hybridized carbons (Fsp3) is 0.909. The lowest BCUT2D eigenvalue weighted by atomic mass is 10.2. The molecule has 94 valence electrons. The first-order chi connectivity index (χ1) is 7.38. The number of carbonyl (C=O) groups excluding carboxylic acids is 1. The topological polar surface area (TPSA) is 50.8 Å². The van der Waals surface area contributed by atoms with Crippen molar-refractivity contribution in [1.82, 2.24) is 10.2 Å². The van der Waals surface area contributed by atoms with E-state index in [-0.39, 0.29) is 12.1 Å². The predicted molar refractivity (Wildman–Crippen MR) is 61.5 cm³/mol. The number of likely N-dealkylation sites (N-methyl/N-ethyl adjacent to an activating group) is 1. The van der Waals surface area contributed by atoms with Crippen molar-refractivity contribution in [2.24, 2.45) is 0 Å². The van der Waals surface area contributed by atoms with E-state index in [0.717, 1.165) is 13.2 Å². The van der Waals surface area contributed by atoms with Gasteiger partial charge < -0.3 is 19.7 Å². The van der Waals surface area contributed by atoms with Gasteiger partial charge >= 0.3 is 6.09 Å². The first kappa shape index (κ1) is 13.3. The number of amides is 1. The molecule has 0 spiro atoms. The molecule has 0 aromatic carbocycles. The SMILES string of the molecule is CN(CC1COCCN1)C(=O)OC(C)(C)C. The van der Waals surface area contributed by atoms with E-state index in [4.69, 9.17) is 9.47 Å². The Kier molecular flexibility index (Phi) is 4.56. The average molecular weight is 230 g/mol. The van der Waals surface area contributed by atoms with Crippen LogP contribution in [0.2, 0.25) is 0 Å². The van der Waals surface area contributed by atoms with Crippen LogP contribution in [0.3, 0.4) is 0 Å². The monoisotopic (exact) mass is 230 g/mol. The molecule has 5 nitrogen and oxygen atoms in total. The van der Waals surface area contributed by atoms with Gasteiger partial charge in [0.25, 0.3) is 0 Å². The quantitative estimate of drug-likeness (QED) is 0.764. The van der Waals surface area contributed by atoms with Crippen molar-refractivity contribution in [1.29, 1.82) is 0 Å². The summed E-state index contributed by atoms with van der Waals surface area (Å²) in [5, 5.41) is 3.29. The number of ether oxygens (including phenoxy) is 2. The largest absolute Gasteiger partial charge is 0.444 e. The minimum absolute atomic E-state index is 0.200. The summed E-state index contributed by atoms with van der Waals surface area (Å²) in [7, 11) is 1.74. The summed E-state index contributed by atoms with van der Waals surface area (Å²) in [6.07, 6.45) is -0.292. The molecule has 1 rings (SSSR count). The van der Waals surface area contributed by atoms with Crippen molar-refractivity contribution >= 4 is 6.09 Å². The van der Waals surface area contributed by atoms with Gasteiger partial charge in [-0.2, -0.15) is 0 Å². The number of nitrogens with one attached hydrogen (secondary N) is 1. The van der Waals surface area contributed by atoms with Crippen molar-refractivity contribution in [3.05, 3.63) is 0 Å². The molecule has 1 aliphatic rings. The number of rotatable bonds is 2. The maximum absolute atomic E-state index is 11.7. The Bertz CT molecular complexity index is 232. The summed E-state index contributed by atoms with van der Waals surface area (Å²) in [4.78, 5) is 13.2. The van der Waals surface area contributed by atoms with E-state index in [1.165, 1.54) is 0 Å². The van der Waals surface area contributed by atoms with Gasteiger partial charge in [-0.3, -0.25) is 0 Å². The summed E-state index contributed by atoms with van der Waals surface area (Å²) in [6.45, 7) is 8.42. The molecule has 1 amide bonds. The van der Waals surface area contributed by atoms with Gasteiger partial charge in [0.1, 0.15) is 5.60 Å². The van der Waals surface area contributed by atoms with Gasteiger partial charge in [-0.15, -0.1) is 0 Å². The van der Waals surface area contributed by atoms with Gasteiger partial charge in [-0.05, 0) is 20.8 Å². The standard InChI is InChI=1S/C11H22N2O3/c1-11(2,3)16-10(14)13(4)7-9-8-15-6-5-12-9/h9,12H,5-8H2,1-4H3. The Morgan fingerprint density at radius 1 is 1.56 bits per heavy atom. The molecule has 1 fully saturated rings. The van der Waals surface area contributed by atoms with Gasteiger partial charge in [-0.25, -0.2) is 4.79 Å². The Morgan fingerprint density at radius 2 is 2.25 bits per heavy atom. The molecular formula is C11H22N2O3. The van der Waals surface area contributed by atoms with Crippen LogP contribution in [0.5, 0.6) is 0 Å². The van der Waals surface area contributed by atoms with Crippen LogP contribution in [0.25, 0.3) is 0 Å². The van der Waals surface area contributed by atoms with E-state index >= 15 is 0 Å². The van der Waals surface area contributed by atoms with Crippen molar-refractivity contribution in [3.63, 3.8) is 0 Å². The van der Waals surface area contributed by atoms with Crippen LogP contribution in [-0.2, 0) is 9.47 Å². The Balaban J connectivity index is 2.33. The number of hydrogen-bond donors (Lipinski definition) is 1. The number of hydrogen-bond acceptors (Lipinski definition) is 4. The number of carbonyl (C=O) groups is 1. The van der Waals surface area contributed by atoms with Crippen molar-refractivity contribution < 1.29 is 14.3 Å². The Morgan fingerprint density at radius 3 is 2.75 bits per heavy atom. The third kappa shape index (κ3) is 4.81. The highest BCUT2D eigenvalue weighted by Gasteiger charge is 2.22. The van der Waals surface area contributed by atoms with Crippen LogP contribution in [0.15, 0.2) is 0 Å². The predicted octanol–water partition coefficient (Wildman–Crippen LogP) is 0.842. The lowest BCUT2D eigenvalue weighted by Gasteiger charge is -2.29. The maximum atomic E-state index is 11.7. The van der Waals surface area contributed by atoms with Crippen LogP contribution in [-0.4, -0.2) is 56.0 Å². The zero-order valence-corrected chi connectivity index (χ0v) is 10.6. The molecule has 0 aliphatic carbocycles. The van der Waals surface area contributed by atoms with Gasteiger partial charge in [0, 0.05) is 26.2 Å².